The second-order valence-corrected chi connectivity index (χ2v) is 5.54. The first kappa shape index (κ1) is 14.1. The molecule has 0 saturated heterocycles. The molecule has 2 nitrogen and oxygen atoms in total. The first-order chi connectivity index (χ1) is 9.19. The van der Waals surface area contributed by atoms with Gasteiger partial charge in [-0.05, 0) is 47.9 Å². The smallest absolute Gasteiger partial charge is 0.119 e. The van der Waals surface area contributed by atoms with E-state index in [4.69, 9.17) is 10.5 Å². The molecule has 0 fully saturated rings. The summed E-state index contributed by atoms with van der Waals surface area (Å²) in [6.07, 6.45) is 0. The minimum Gasteiger partial charge on any atom is -0.489 e. The maximum Gasteiger partial charge on any atom is 0.119 e. The number of rotatable bonds is 5. The predicted molar refractivity (Wildman–Crippen MR) is 82.4 cm³/mol. The van der Waals surface area contributed by atoms with Crippen LogP contribution in [0.5, 0.6) is 5.75 Å². The topological polar surface area (TPSA) is 35.2 Å². The normalized spacial score (nSPS) is 12.2. The molecule has 2 rings (SSSR count). The van der Waals surface area contributed by atoms with Crippen LogP contribution < -0.4 is 10.5 Å². The minimum atomic E-state index is 0.404. The summed E-state index contributed by atoms with van der Waals surface area (Å²) in [5.41, 5.74) is 8.10. The molecule has 1 unspecified atom stereocenters. The third kappa shape index (κ3) is 4.08. The number of halogens is 1. The number of benzene rings is 2. The molecule has 0 amide bonds. The fourth-order valence-electron chi connectivity index (χ4n) is 1.78. The molecule has 0 aromatic heterocycles. The first-order valence-corrected chi connectivity index (χ1v) is 7.15. The Labute approximate surface area is 122 Å². The SMILES string of the molecule is CC(CN)c1ccc(COc2ccc(Br)cc2)cc1. The molecule has 0 radical (unpaired) electrons. The molecule has 2 aromatic carbocycles. The van der Waals surface area contributed by atoms with Crippen LogP contribution in [0.3, 0.4) is 0 Å². The van der Waals surface area contributed by atoms with Gasteiger partial charge in [0.15, 0.2) is 0 Å². The van der Waals surface area contributed by atoms with Crippen LogP contribution >= 0.6 is 15.9 Å². The van der Waals surface area contributed by atoms with Gasteiger partial charge >= 0.3 is 0 Å². The van der Waals surface area contributed by atoms with E-state index in [1.165, 1.54) is 5.56 Å². The molecule has 1 atom stereocenters. The summed E-state index contributed by atoms with van der Waals surface area (Å²) >= 11 is 3.40. The lowest BCUT2D eigenvalue weighted by molar-refractivity contribution is 0.306. The third-order valence-corrected chi connectivity index (χ3v) is 3.65. The van der Waals surface area contributed by atoms with Gasteiger partial charge in [-0.1, -0.05) is 47.1 Å². The molecule has 0 aliphatic heterocycles. The third-order valence-electron chi connectivity index (χ3n) is 3.12. The van der Waals surface area contributed by atoms with E-state index in [1.54, 1.807) is 0 Å². The Bertz CT molecular complexity index is 507. The summed E-state index contributed by atoms with van der Waals surface area (Å²) in [5, 5.41) is 0. The van der Waals surface area contributed by atoms with Gasteiger partial charge in [-0.15, -0.1) is 0 Å². The molecule has 2 aromatic rings. The highest BCUT2D eigenvalue weighted by molar-refractivity contribution is 9.10. The van der Waals surface area contributed by atoms with Gasteiger partial charge in [-0.3, -0.25) is 0 Å². The van der Waals surface area contributed by atoms with Gasteiger partial charge in [0.05, 0.1) is 0 Å². The van der Waals surface area contributed by atoms with Crippen LogP contribution in [0, 0.1) is 0 Å². The lowest BCUT2D eigenvalue weighted by atomic mass is 10.0. The largest absolute Gasteiger partial charge is 0.489 e. The second-order valence-electron chi connectivity index (χ2n) is 4.62. The molecule has 2 N–H and O–H groups in total. The lowest BCUT2D eigenvalue weighted by Gasteiger charge is -2.10. The van der Waals surface area contributed by atoms with Gasteiger partial charge in [0.2, 0.25) is 0 Å². The van der Waals surface area contributed by atoms with Crippen LogP contribution in [-0.4, -0.2) is 6.54 Å². The van der Waals surface area contributed by atoms with Crippen molar-refractivity contribution in [2.24, 2.45) is 5.73 Å². The zero-order chi connectivity index (χ0) is 13.7. The van der Waals surface area contributed by atoms with Crippen LogP contribution in [-0.2, 0) is 6.61 Å². The Kier molecular flexibility index (Phi) is 5.00. The lowest BCUT2D eigenvalue weighted by Crippen LogP contribution is -2.08. The molecule has 0 aliphatic carbocycles. The van der Waals surface area contributed by atoms with E-state index >= 15 is 0 Å². The maximum absolute atomic E-state index is 5.73. The van der Waals surface area contributed by atoms with Crippen LogP contribution in [0.1, 0.15) is 24.0 Å². The highest BCUT2D eigenvalue weighted by Gasteiger charge is 2.03. The van der Waals surface area contributed by atoms with Crippen LogP contribution in [0.15, 0.2) is 53.0 Å². The van der Waals surface area contributed by atoms with Crippen LogP contribution in [0.25, 0.3) is 0 Å². The summed E-state index contributed by atoms with van der Waals surface area (Å²) in [6.45, 7) is 3.39. The summed E-state index contributed by atoms with van der Waals surface area (Å²) in [5.74, 6) is 1.28. The number of ether oxygens (including phenoxy) is 1. The van der Waals surface area contributed by atoms with E-state index < -0.39 is 0 Å². The van der Waals surface area contributed by atoms with Gasteiger partial charge < -0.3 is 10.5 Å². The Balaban J connectivity index is 1.94. The van der Waals surface area contributed by atoms with Crippen molar-refractivity contribution in [3.8, 4) is 5.75 Å². The summed E-state index contributed by atoms with van der Waals surface area (Å²) < 4.78 is 6.78. The molecule has 0 saturated carbocycles. The fourth-order valence-corrected chi connectivity index (χ4v) is 2.04. The monoisotopic (exact) mass is 319 g/mol. The van der Waals surface area contributed by atoms with E-state index in [-0.39, 0.29) is 0 Å². The fraction of sp³-hybridized carbons (Fsp3) is 0.250. The predicted octanol–water partition coefficient (Wildman–Crippen LogP) is 4.09. The summed E-state index contributed by atoms with van der Waals surface area (Å²) in [6, 6.07) is 16.3. The van der Waals surface area contributed by atoms with Crippen molar-refractivity contribution in [3.63, 3.8) is 0 Å². The van der Waals surface area contributed by atoms with Crippen molar-refractivity contribution < 1.29 is 4.74 Å². The molecule has 0 bridgehead atoms. The van der Waals surface area contributed by atoms with Crippen LogP contribution in [0.2, 0.25) is 0 Å². The quantitative estimate of drug-likeness (QED) is 0.900. The Morgan fingerprint density at radius 2 is 1.68 bits per heavy atom. The van der Waals surface area contributed by atoms with Crippen molar-refractivity contribution in [2.75, 3.05) is 6.54 Å². The zero-order valence-corrected chi connectivity index (χ0v) is 12.6. The molecule has 0 spiro atoms. The highest BCUT2D eigenvalue weighted by Crippen LogP contribution is 2.18. The average molecular weight is 320 g/mol. The highest BCUT2D eigenvalue weighted by atomic mass is 79.9. The summed E-state index contributed by atoms with van der Waals surface area (Å²) in [7, 11) is 0. The van der Waals surface area contributed by atoms with Crippen molar-refractivity contribution >= 4 is 15.9 Å². The van der Waals surface area contributed by atoms with E-state index in [1.807, 2.05) is 24.3 Å². The van der Waals surface area contributed by atoms with Crippen molar-refractivity contribution in [1.29, 1.82) is 0 Å². The molecule has 0 heterocycles. The molecule has 0 aliphatic rings. The first-order valence-electron chi connectivity index (χ1n) is 6.36. The van der Waals surface area contributed by atoms with Crippen molar-refractivity contribution in [3.05, 3.63) is 64.1 Å². The van der Waals surface area contributed by atoms with E-state index in [2.05, 4.69) is 47.1 Å². The number of hydrogen-bond donors (Lipinski definition) is 1. The van der Waals surface area contributed by atoms with Crippen LogP contribution in [0.4, 0.5) is 0 Å². The second kappa shape index (κ2) is 6.73. The van der Waals surface area contributed by atoms with Gasteiger partial charge in [-0.25, -0.2) is 0 Å². The van der Waals surface area contributed by atoms with Gasteiger partial charge in [-0.2, -0.15) is 0 Å². The summed E-state index contributed by atoms with van der Waals surface area (Å²) in [4.78, 5) is 0. The van der Waals surface area contributed by atoms with Crippen molar-refractivity contribution in [2.45, 2.75) is 19.4 Å². The van der Waals surface area contributed by atoms with E-state index in [9.17, 15) is 0 Å². The van der Waals surface area contributed by atoms with Gasteiger partial charge in [0.25, 0.3) is 0 Å². The molecule has 3 heteroatoms. The molecular formula is C16H18BrNO. The maximum atomic E-state index is 5.73. The zero-order valence-electron chi connectivity index (χ0n) is 11.0. The van der Waals surface area contributed by atoms with Gasteiger partial charge in [0.1, 0.15) is 12.4 Å². The minimum absolute atomic E-state index is 0.404. The number of nitrogens with two attached hydrogens (primary N) is 1. The van der Waals surface area contributed by atoms with Crippen molar-refractivity contribution in [1.82, 2.24) is 0 Å². The Hall–Kier alpha value is -1.32. The Morgan fingerprint density at radius 1 is 1.05 bits per heavy atom. The van der Waals surface area contributed by atoms with E-state index in [0.717, 1.165) is 15.8 Å². The van der Waals surface area contributed by atoms with Gasteiger partial charge in [0, 0.05) is 4.47 Å². The standard InChI is InChI=1S/C16H18BrNO/c1-12(10-18)14-4-2-13(3-5-14)11-19-16-8-6-15(17)7-9-16/h2-9,12H,10-11,18H2,1H3. The molecule has 19 heavy (non-hydrogen) atoms. The van der Waals surface area contributed by atoms with E-state index in [0.29, 0.717) is 19.1 Å². The molecular weight excluding hydrogens is 302 g/mol. The average Bonchev–Trinajstić information content (AvgIpc) is 2.46. The number of hydrogen-bond acceptors (Lipinski definition) is 2. The molecule has 100 valence electrons. The Morgan fingerprint density at radius 3 is 2.26 bits per heavy atom.